The number of amides is 1. The molecular weight excluding hydrogens is 285 g/mol. The smallest absolute Gasteiger partial charge is 0.303 e. The summed E-state index contributed by atoms with van der Waals surface area (Å²) in [7, 11) is 0. The quantitative estimate of drug-likeness (QED) is 0.849. The first-order chi connectivity index (χ1) is 10.4. The van der Waals surface area contributed by atoms with Crippen LogP contribution < -0.4 is 5.32 Å². The fourth-order valence-electron chi connectivity index (χ4n) is 3.22. The van der Waals surface area contributed by atoms with Gasteiger partial charge >= 0.3 is 5.97 Å². The van der Waals surface area contributed by atoms with Crippen molar-refractivity contribution in [3.05, 3.63) is 35.6 Å². The average molecular weight is 307 g/mol. The number of carbonyl (C=O) groups is 2. The number of benzene rings is 1. The lowest BCUT2D eigenvalue weighted by Gasteiger charge is -2.29. The summed E-state index contributed by atoms with van der Waals surface area (Å²) >= 11 is 0. The first kappa shape index (κ1) is 16.5. The molecule has 4 nitrogen and oxygen atoms in total. The Bertz CT molecular complexity index is 553. The van der Waals surface area contributed by atoms with E-state index in [0.29, 0.717) is 24.9 Å². The Morgan fingerprint density at radius 2 is 2.05 bits per heavy atom. The van der Waals surface area contributed by atoms with Crippen molar-refractivity contribution < 1.29 is 19.1 Å². The SMILES string of the molecule is CC(CNC(=O)C1(c2cccc(F)c2)CCCC1)CC(=O)O. The van der Waals surface area contributed by atoms with Crippen LogP contribution in [0.5, 0.6) is 0 Å². The van der Waals surface area contributed by atoms with Gasteiger partial charge in [-0.25, -0.2) is 4.39 Å². The molecule has 0 saturated heterocycles. The van der Waals surface area contributed by atoms with Crippen molar-refractivity contribution in [1.82, 2.24) is 5.32 Å². The van der Waals surface area contributed by atoms with Gasteiger partial charge in [0.1, 0.15) is 5.82 Å². The zero-order valence-corrected chi connectivity index (χ0v) is 12.8. The summed E-state index contributed by atoms with van der Waals surface area (Å²) in [4.78, 5) is 23.4. The molecule has 5 heteroatoms. The van der Waals surface area contributed by atoms with Gasteiger partial charge in [-0.3, -0.25) is 9.59 Å². The zero-order chi connectivity index (χ0) is 16.2. The summed E-state index contributed by atoms with van der Waals surface area (Å²) in [5.74, 6) is -1.46. The standard InChI is InChI=1S/C17H22FNO3/c1-12(9-15(20)21)11-19-16(22)17(7-2-3-8-17)13-5-4-6-14(18)10-13/h4-6,10,12H,2-3,7-9,11H2,1H3,(H,19,22)(H,20,21). The maximum atomic E-state index is 13.5. The number of aliphatic carboxylic acids is 1. The normalized spacial score (nSPS) is 17.9. The minimum atomic E-state index is -0.873. The highest BCUT2D eigenvalue weighted by molar-refractivity contribution is 5.88. The molecule has 0 spiro atoms. The van der Waals surface area contributed by atoms with Gasteiger partial charge in [-0.1, -0.05) is 31.9 Å². The zero-order valence-electron chi connectivity index (χ0n) is 12.8. The van der Waals surface area contributed by atoms with Crippen LogP contribution in [0.25, 0.3) is 0 Å². The maximum absolute atomic E-state index is 13.5. The van der Waals surface area contributed by atoms with Gasteiger partial charge in [0.2, 0.25) is 5.91 Å². The molecule has 120 valence electrons. The molecule has 1 unspecified atom stereocenters. The summed E-state index contributed by atoms with van der Waals surface area (Å²) in [5.41, 5.74) is 0.0405. The molecule has 0 aliphatic heterocycles. The lowest BCUT2D eigenvalue weighted by molar-refractivity contribution is -0.138. The van der Waals surface area contributed by atoms with E-state index in [2.05, 4.69) is 5.32 Å². The first-order valence-corrected chi connectivity index (χ1v) is 7.70. The van der Waals surface area contributed by atoms with E-state index in [0.717, 1.165) is 12.8 Å². The second-order valence-corrected chi connectivity index (χ2v) is 6.21. The fourth-order valence-corrected chi connectivity index (χ4v) is 3.22. The third-order valence-electron chi connectivity index (χ3n) is 4.40. The Morgan fingerprint density at radius 1 is 1.36 bits per heavy atom. The van der Waals surface area contributed by atoms with Crippen LogP contribution in [-0.2, 0) is 15.0 Å². The van der Waals surface area contributed by atoms with Crippen molar-refractivity contribution in [2.75, 3.05) is 6.54 Å². The second-order valence-electron chi connectivity index (χ2n) is 6.21. The van der Waals surface area contributed by atoms with Crippen LogP contribution in [0, 0.1) is 11.7 Å². The molecule has 1 aromatic carbocycles. The highest BCUT2D eigenvalue weighted by atomic mass is 19.1. The van der Waals surface area contributed by atoms with Crippen molar-refractivity contribution in [3.63, 3.8) is 0 Å². The van der Waals surface area contributed by atoms with Gasteiger partial charge in [0.05, 0.1) is 5.41 Å². The van der Waals surface area contributed by atoms with E-state index in [1.165, 1.54) is 12.1 Å². The van der Waals surface area contributed by atoms with Crippen molar-refractivity contribution >= 4 is 11.9 Å². The number of hydrogen-bond donors (Lipinski definition) is 2. The largest absolute Gasteiger partial charge is 0.481 e. The van der Waals surface area contributed by atoms with Gasteiger partial charge < -0.3 is 10.4 Å². The van der Waals surface area contributed by atoms with Crippen molar-refractivity contribution in [1.29, 1.82) is 0 Å². The van der Waals surface area contributed by atoms with Crippen molar-refractivity contribution in [3.8, 4) is 0 Å². The van der Waals surface area contributed by atoms with E-state index < -0.39 is 11.4 Å². The highest BCUT2D eigenvalue weighted by Gasteiger charge is 2.42. The Kier molecular flexibility index (Phi) is 5.16. The number of hydrogen-bond acceptors (Lipinski definition) is 2. The molecule has 0 radical (unpaired) electrons. The van der Waals surface area contributed by atoms with Crippen LogP contribution in [0.3, 0.4) is 0 Å². The van der Waals surface area contributed by atoms with E-state index in [1.807, 2.05) is 0 Å². The van der Waals surface area contributed by atoms with Gasteiger partial charge in [0, 0.05) is 13.0 Å². The van der Waals surface area contributed by atoms with Crippen LogP contribution in [0.2, 0.25) is 0 Å². The molecule has 0 aromatic heterocycles. The van der Waals surface area contributed by atoms with Gasteiger partial charge in [-0.15, -0.1) is 0 Å². The second kappa shape index (κ2) is 6.90. The van der Waals surface area contributed by atoms with Crippen LogP contribution in [0.15, 0.2) is 24.3 Å². The van der Waals surface area contributed by atoms with Crippen LogP contribution >= 0.6 is 0 Å². The van der Waals surface area contributed by atoms with Gasteiger partial charge in [-0.05, 0) is 36.5 Å². The monoisotopic (exact) mass is 307 g/mol. The first-order valence-electron chi connectivity index (χ1n) is 7.70. The Morgan fingerprint density at radius 3 is 2.64 bits per heavy atom. The van der Waals surface area contributed by atoms with Crippen molar-refractivity contribution in [2.24, 2.45) is 5.92 Å². The third kappa shape index (κ3) is 3.64. The Balaban J connectivity index is 2.11. The molecule has 0 bridgehead atoms. The predicted molar refractivity (Wildman–Crippen MR) is 81.0 cm³/mol. The minimum Gasteiger partial charge on any atom is -0.481 e. The molecule has 1 fully saturated rings. The van der Waals surface area contributed by atoms with E-state index in [-0.39, 0.29) is 24.1 Å². The van der Waals surface area contributed by atoms with E-state index in [9.17, 15) is 14.0 Å². The van der Waals surface area contributed by atoms with Crippen LogP contribution in [-0.4, -0.2) is 23.5 Å². The molecule has 1 amide bonds. The number of carbonyl (C=O) groups excluding carboxylic acids is 1. The lowest BCUT2D eigenvalue weighted by Crippen LogP contribution is -2.44. The summed E-state index contributed by atoms with van der Waals surface area (Å²) < 4.78 is 13.5. The number of nitrogens with one attached hydrogen (secondary N) is 1. The number of carboxylic acids is 1. The number of halogens is 1. The van der Waals surface area contributed by atoms with Crippen LogP contribution in [0.4, 0.5) is 4.39 Å². The Hall–Kier alpha value is -1.91. The fraction of sp³-hybridized carbons (Fsp3) is 0.529. The number of rotatable bonds is 6. The van der Waals surface area contributed by atoms with Gasteiger partial charge in [0.25, 0.3) is 0 Å². The third-order valence-corrected chi connectivity index (χ3v) is 4.40. The minimum absolute atomic E-state index is 0.0211. The highest BCUT2D eigenvalue weighted by Crippen LogP contribution is 2.41. The molecule has 0 heterocycles. The maximum Gasteiger partial charge on any atom is 0.303 e. The van der Waals surface area contributed by atoms with E-state index in [1.54, 1.807) is 19.1 Å². The molecule has 1 aliphatic rings. The molecule has 2 rings (SSSR count). The number of carboxylic acid groups (broad SMARTS) is 1. The summed E-state index contributed by atoms with van der Waals surface area (Å²) in [6, 6.07) is 6.24. The topological polar surface area (TPSA) is 66.4 Å². The lowest BCUT2D eigenvalue weighted by atomic mass is 9.78. The summed E-state index contributed by atoms with van der Waals surface area (Å²) in [6.07, 6.45) is 3.31. The van der Waals surface area contributed by atoms with E-state index in [4.69, 9.17) is 5.11 Å². The predicted octanol–water partition coefficient (Wildman–Crippen LogP) is 2.86. The molecule has 1 atom stereocenters. The van der Waals surface area contributed by atoms with Crippen LogP contribution in [0.1, 0.15) is 44.6 Å². The molecular formula is C17H22FNO3. The average Bonchev–Trinajstić information content (AvgIpc) is 2.95. The molecule has 1 aromatic rings. The van der Waals surface area contributed by atoms with Gasteiger partial charge in [-0.2, -0.15) is 0 Å². The molecule has 1 aliphatic carbocycles. The Labute approximate surface area is 129 Å². The van der Waals surface area contributed by atoms with E-state index >= 15 is 0 Å². The van der Waals surface area contributed by atoms with Crippen molar-refractivity contribution in [2.45, 2.75) is 44.4 Å². The molecule has 22 heavy (non-hydrogen) atoms. The molecule has 1 saturated carbocycles. The summed E-state index contributed by atoms with van der Waals surface area (Å²) in [5, 5.41) is 11.6. The summed E-state index contributed by atoms with van der Waals surface area (Å²) in [6.45, 7) is 2.11. The van der Waals surface area contributed by atoms with Gasteiger partial charge in [0.15, 0.2) is 0 Å². The molecule has 2 N–H and O–H groups in total.